The van der Waals surface area contributed by atoms with Crippen LogP contribution in [0, 0.1) is 13.8 Å². The molecule has 0 spiro atoms. The van der Waals surface area contributed by atoms with Crippen molar-refractivity contribution < 1.29 is 28.5 Å². The molecule has 0 fully saturated rings. The van der Waals surface area contributed by atoms with E-state index < -0.39 is 18.5 Å². The first-order valence-corrected chi connectivity index (χ1v) is 8.55. The van der Waals surface area contributed by atoms with Gasteiger partial charge in [0, 0.05) is 7.05 Å². The molecule has 152 valence electrons. The number of aryl methyl sites for hydroxylation is 2. The maximum Gasteiger partial charge on any atom is 0.310 e. The van der Waals surface area contributed by atoms with Gasteiger partial charge in [0.1, 0.15) is 0 Å². The predicted octanol–water partition coefficient (Wildman–Crippen LogP) is 1.79. The number of anilines is 1. The first-order valence-electron chi connectivity index (χ1n) is 8.55. The first kappa shape index (κ1) is 21.1. The van der Waals surface area contributed by atoms with Crippen LogP contribution in [0.1, 0.15) is 17.0 Å². The smallest absolute Gasteiger partial charge is 0.310 e. The van der Waals surface area contributed by atoms with E-state index in [2.05, 4.69) is 10.4 Å². The summed E-state index contributed by atoms with van der Waals surface area (Å²) in [5, 5.41) is 6.94. The van der Waals surface area contributed by atoms with Crippen LogP contribution in [0.25, 0.3) is 0 Å². The molecule has 0 aliphatic carbocycles. The highest BCUT2D eigenvalue weighted by molar-refractivity contribution is 5.94. The van der Waals surface area contributed by atoms with Crippen molar-refractivity contribution in [1.82, 2.24) is 9.78 Å². The summed E-state index contributed by atoms with van der Waals surface area (Å²) < 4.78 is 22.5. The molecule has 0 radical (unpaired) electrons. The van der Waals surface area contributed by atoms with E-state index in [0.29, 0.717) is 34.2 Å². The molecule has 1 aromatic carbocycles. The minimum absolute atomic E-state index is 0.0467. The van der Waals surface area contributed by atoms with Crippen molar-refractivity contribution >= 4 is 17.6 Å². The molecule has 28 heavy (non-hydrogen) atoms. The fourth-order valence-corrected chi connectivity index (χ4v) is 2.73. The predicted molar refractivity (Wildman–Crippen MR) is 102 cm³/mol. The fraction of sp³-hybridized carbons (Fsp3) is 0.421. The van der Waals surface area contributed by atoms with E-state index in [0.717, 1.165) is 5.69 Å². The van der Waals surface area contributed by atoms with Crippen LogP contribution in [-0.2, 0) is 27.8 Å². The third kappa shape index (κ3) is 4.73. The van der Waals surface area contributed by atoms with Crippen LogP contribution in [0.4, 0.5) is 5.69 Å². The van der Waals surface area contributed by atoms with E-state index in [-0.39, 0.29) is 6.42 Å². The van der Waals surface area contributed by atoms with E-state index in [4.69, 9.17) is 18.9 Å². The van der Waals surface area contributed by atoms with Crippen LogP contribution in [0.2, 0.25) is 0 Å². The zero-order chi connectivity index (χ0) is 20.8. The molecule has 9 heteroatoms. The van der Waals surface area contributed by atoms with E-state index >= 15 is 0 Å². The van der Waals surface area contributed by atoms with Gasteiger partial charge in [0.05, 0.1) is 44.8 Å². The summed E-state index contributed by atoms with van der Waals surface area (Å²) in [6.07, 6.45) is -0.0467. The number of nitrogens with zero attached hydrogens (tertiary/aromatic N) is 2. The molecule has 0 saturated heterocycles. The number of hydrogen-bond acceptors (Lipinski definition) is 7. The summed E-state index contributed by atoms with van der Waals surface area (Å²) in [5.41, 5.74) is 2.73. The second kappa shape index (κ2) is 9.12. The molecule has 2 rings (SSSR count). The molecule has 9 nitrogen and oxygen atoms in total. The summed E-state index contributed by atoms with van der Waals surface area (Å²) in [7, 11) is 6.27. The van der Waals surface area contributed by atoms with Crippen LogP contribution in [0.15, 0.2) is 12.1 Å². The number of carbonyl (C=O) groups excluding carboxylic acids is 2. The zero-order valence-electron chi connectivity index (χ0n) is 16.9. The molecule has 0 saturated carbocycles. The third-order valence-electron chi connectivity index (χ3n) is 4.21. The lowest BCUT2D eigenvalue weighted by atomic mass is 10.1. The molecule has 0 aliphatic heterocycles. The van der Waals surface area contributed by atoms with Crippen molar-refractivity contribution in [3.63, 3.8) is 0 Å². The van der Waals surface area contributed by atoms with Crippen LogP contribution in [0.3, 0.4) is 0 Å². The van der Waals surface area contributed by atoms with Crippen molar-refractivity contribution in [3.05, 3.63) is 29.1 Å². The second-order valence-electron chi connectivity index (χ2n) is 6.09. The minimum Gasteiger partial charge on any atom is -0.493 e. The van der Waals surface area contributed by atoms with Crippen LogP contribution >= 0.6 is 0 Å². The Hall–Kier alpha value is -3.23. The Labute approximate surface area is 163 Å². The van der Waals surface area contributed by atoms with E-state index in [1.165, 1.54) is 21.3 Å². The highest BCUT2D eigenvalue weighted by atomic mass is 16.5. The van der Waals surface area contributed by atoms with Gasteiger partial charge in [0.15, 0.2) is 18.1 Å². The van der Waals surface area contributed by atoms with Gasteiger partial charge in [0.25, 0.3) is 5.91 Å². The highest BCUT2D eigenvalue weighted by Gasteiger charge is 2.17. The molecule has 0 atom stereocenters. The van der Waals surface area contributed by atoms with Crippen molar-refractivity contribution in [3.8, 4) is 17.2 Å². The number of esters is 1. The van der Waals surface area contributed by atoms with Crippen LogP contribution < -0.4 is 19.5 Å². The Morgan fingerprint density at radius 1 is 1.07 bits per heavy atom. The van der Waals surface area contributed by atoms with Gasteiger partial charge in [-0.1, -0.05) is 0 Å². The molecule has 0 bridgehead atoms. The number of aromatic nitrogens is 2. The van der Waals surface area contributed by atoms with Crippen molar-refractivity contribution in [2.75, 3.05) is 33.3 Å². The first-order chi connectivity index (χ1) is 13.3. The fourth-order valence-electron chi connectivity index (χ4n) is 2.73. The molecule has 2 aromatic rings. The lowest BCUT2D eigenvalue weighted by Gasteiger charge is -2.14. The lowest BCUT2D eigenvalue weighted by Crippen LogP contribution is -2.22. The maximum absolute atomic E-state index is 12.1. The van der Waals surface area contributed by atoms with Gasteiger partial charge in [-0.2, -0.15) is 5.10 Å². The average molecular weight is 391 g/mol. The Morgan fingerprint density at radius 2 is 1.68 bits per heavy atom. The number of rotatable bonds is 8. The van der Waals surface area contributed by atoms with Crippen molar-refractivity contribution in [2.24, 2.45) is 7.05 Å². The van der Waals surface area contributed by atoms with Crippen molar-refractivity contribution in [2.45, 2.75) is 20.3 Å². The van der Waals surface area contributed by atoms with Gasteiger partial charge in [0.2, 0.25) is 5.75 Å². The quantitative estimate of drug-likeness (QED) is 0.685. The number of nitrogens with one attached hydrogen (secondary N) is 1. The molecular weight excluding hydrogens is 366 g/mol. The number of ether oxygens (including phenoxy) is 4. The zero-order valence-corrected chi connectivity index (χ0v) is 16.9. The maximum atomic E-state index is 12.1. The number of methoxy groups -OCH3 is 3. The number of amides is 1. The largest absolute Gasteiger partial charge is 0.493 e. The lowest BCUT2D eigenvalue weighted by molar-refractivity contribution is -0.146. The molecule has 1 amide bonds. The summed E-state index contributed by atoms with van der Waals surface area (Å²) in [6.45, 7) is 3.24. The SMILES string of the molecule is COc1cc(CC(=O)OCC(=O)Nc2c(C)nn(C)c2C)cc(OC)c1OC. The Kier molecular flexibility index (Phi) is 6.86. The molecule has 1 heterocycles. The van der Waals surface area contributed by atoms with Crippen LogP contribution in [0.5, 0.6) is 17.2 Å². The van der Waals surface area contributed by atoms with Gasteiger partial charge in [-0.3, -0.25) is 14.3 Å². The molecule has 0 unspecified atom stereocenters. The number of benzene rings is 1. The van der Waals surface area contributed by atoms with E-state index in [1.807, 2.05) is 6.92 Å². The Morgan fingerprint density at radius 3 is 2.14 bits per heavy atom. The standard InChI is InChI=1S/C19H25N3O6/c1-11-18(12(2)22(3)21-11)20-16(23)10-28-17(24)9-13-7-14(25-4)19(27-6)15(8-13)26-5/h7-8H,9-10H2,1-6H3,(H,20,23). The van der Waals surface area contributed by atoms with Gasteiger partial charge in [-0.25, -0.2) is 0 Å². The molecule has 0 aliphatic rings. The summed E-state index contributed by atoms with van der Waals surface area (Å²) in [6, 6.07) is 3.32. The average Bonchev–Trinajstić information content (AvgIpc) is 2.91. The van der Waals surface area contributed by atoms with Crippen molar-refractivity contribution in [1.29, 1.82) is 0 Å². The minimum atomic E-state index is -0.552. The van der Waals surface area contributed by atoms with Gasteiger partial charge < -0.3 is 24.3 Å². The summed E-state index contributed by atoms with van der Waals surface area (Å²) in [4.78, 5) is 24.2. The monoisotopic (exact) mass is 391 g/mol. The molecule has 1 aromatic heterocycles. The van der Waals surface area contributed by atoms with Crippen LogP contribution in [-0.4, -0.2) is 49.6 Å². The van der Waals surface area contributed by atoms with E-state index in [9.17, 15) is 9.59 Å². The number of hydrogen-bond donors (Lipinski definition) is 1. The second-order valence-corrected chi connectivity index (χ2v) is 6.09. The Bertz CT molecular complexity index is 850. The summed E-state index contributed by atoms with van der Waals surface area (Å²) in [5.74, 6) is 0.319. The van der Waals surface area contributed by atoms with Gasteiger partial charge in [-0.05, 0) is 31.5 Å². The normalized spacial score (nSPS) is 10.4. The Balaban J connectivity index is 1.98. The van der Waals surface area contributed by atoms with Gasteiger partial charge >= 0.3 is 5.97 Å². The molecular formula is C19H25N3O6. The number of carbonyl (C=O) groups is 2. The third-order valence-corrected chi connectivity index (χ3v) is 4.21. The topological polar surface area (TPSA) is 101 Å². The summed E-state index contributed by atoms with van der Waals surface area (Å²) >= 11 is 0. The van der Waals surface area contributed by atoms with Gasteiger partial charge in [-0.15, -0.1) is 0 Å². The highest BCUT2D eigenvalue weighted by Crippen LogP contribution is 2.38. The molecule has 1 N–H and O–H groups in total. The van der Waals surface area contributed by atoms with E-state index in [1.54, 1.807) is 30.8 Å².